The van der Waals surface area contributed by atoms with Crippen LogP contribution in [0.4, 0.5) is 0 Å². The van der Waals surface area contributed by atoms with Crippen molar-refractivity contribution in [3.05, 3.63) is 22.4 Å². The number of nitrogens with zero attached hydrogens (tertiary/aromatic N) is 2. The van der Waals surface area contributed by atoms with Crippen molar-refractivity contribution in [3.8, 4) is 0 Å². The lowest BCUT2D eigenvalue weighted by Gasteiger charge is -2.41. The van der Waals surface area contributed by atoms with Gasteiger partial charge in [-0.25, -0.2) is 4.99 Å². The van der Waals surface area contributed by atoms with Crippen LogP contribution in [0, 0.1) is 5.92 Å². The summed E-state index contributed by atoms with van der Waals surface area (Å²) in [6, 6.07) is 2.85. The Hall–Kier alpha value is -1.14. The molecule has 0 saturated heterocycles. The fourth-order valence-electron chi connectivity index (χ4n) is 2.84. The molecule has 2 unspecified atom stereocenters. The summed E-state index contributed by atoms with van der Waals surface area (Å²) in [6.45, 7) is 11.0. The zero-order chi connectivity index (χ0) is 11.2. The summed E-state index contributed by atoms with van der Waals surface area (Å²) in [6.07, 6.45) is 1.02. The molecule has 1 aliphatic heterocycles. The highest BCUT2D eigenvalue weighted by molar-refractivity contribution is 5.59. The fraction of sp³-hybridized carbons (Fsp3) is 0.615. The SMILES string of the molecule is CCC12N=C=NC(=C1C)C(C)=C(C)C2C. The molecule has 1 aliphatic carbocycles. The van der Waals surface area contributed by atoms with Crippen molar-refractivity contribution in [2.24, 2.45) is 15.9 Å². The highest BCUT2D eigenvalue weighted by atomic mass is 15.0. The molecule has 2 heteroatoms. The number of aliphatic imine (C=N–C) groups is 2. The van der Waals surface area contributed by atoms with Crippen molar-refractivity contribution in [3.63, 3.8) is 0 Å². The van der Waals surface area contributed by atoms with E-state index in [0.717, 1.165) is 12.1 Å². The summed E-state index contributed by atoms with van der Waals surface area (Å²) in [5, 5.41) is 0. The van der Waals surface area contributed by atoms with E-state index in [9.17, 15) is 0 Å². The molecular formula is C13H18N2. The molecule has 0 aromatic heterocycles. The second-order valence-electron chi connectivity index (χ2n) is 4.60. The van der Waals surface area contributed by atoms with Crippen molar-refractivity contribution < 1.29 is 0 Å². The predicted molar refractivity (Wildman–Crippen MR) is 63.1 cm³/mol. The van der Waals surface area contributed by atoms with Gasteiger partial charge in [0, 0.05) is 5.92 Å². The van der Waals surface area contributed by atoms with Gasteiger partial charge in [-0.15, -0.1) is 0 Å². The van der Waals surface area contributed by atoms with Gasteiger partial charge in [0.1, 0.15) is 5.54 Å². The van der Waals surface area contributed by atoms with Crippen LogP contribution in [0.25, 0.3) is 0 Å². The van der Waals surface area contributed by atoms with Gasteiger partial charge in [0.15, 0.2) is 0 Å². The van der Waals surface area contributed by atoms with Crippen molar-refractivity contribution in [1.29, 1.82) is 0 Å². The summed E-state index contributed by atoms with van der Waals surface area (Å²) >= 11 is 0. The predicted octanol–water partition coefficient (Wildman–Crippen LogP) is 3.58. The monoisotopic (exact) mass is 202 g/mol. The summed E-state index contributed by atoms with van der Waals surface area (Å²) in [5.74, 6) is 0.467. The van der Waals surface area contributed by atoms with Crippen LogP contribution in [-0.4, -0.2) is 11.5 Å². The Kier molecular flexibility index (Phi) is 2.20. The van der Waals surface area contributed by atoms with Gasteiger partial charge < -0.3 is 0 Å². The van der Waals surface area contributed by atoms with Crippen molar-refractivity contribution in [2.45, 2.75) is 46.6 Å². The summed E-state index contributed by atoms with van der Waals surface area (Å²) in [5.41, 5.74) is 5.10. The first kappa shape index (κ1) is 10.4. The maximum atomic E-state index is 4.54. The van der Waals surface area contributed by atoms with Gasteiger partial charge in [0.25, 0.3) is 0 Å². The molecule has 2 aliphatic rings. The Labute approximate surface area is 91.5 Å². The van der Waals surface area contributed by atoms with Crippen LogP contribution in [0.3, 0.4) is 0 Å². The molecule has 0 aromatic carbocycles. The van der Waals surface area contributed by atoms with Gasteiger partial charge in [0.05, 0.1) is 11.7 Å². The van der Waals surface area contributed by atoms with Crippen molar-refractivity contribution in [1.82, 2.24) is 0 Å². The quantitative estimate of drug-likeness (QED) is 0.621. The molecule has 2 atom stereocenters. The van der Waals surface area contributed by atoms with E-state index in [1.54, 1.807) is 0 Å². The zero-order valence-electron chi connectivity index (χ0n) is 10.2. The van der Waals surface area contributed by atoms with E-state index in [4.69, 9.17) is 0 Å². The lowest BCUT2D eigenvalue weighted by atomic mass is 9.68. The minimum Gasteiger partial charge on any atom is -0.213 e. The minimum absolute atomic E-state index is 0.0688. The lowest BCUT2D eigenvalue weighted by molar-refractivity contribution is 0.359. The van der Waals surface area contributed by atoms with Crippen molar-refractivity contribution in [2.75, 3.05) is 0 Å². The first-order valence-corrected chi connectivity index (χ1v) is 5.61. The summed E-state index contributed by atoms with van der Waals surface area (Å²) in [7, 11) is 0. The number of hydrogen-bond acceptors (Lipinski definition) is 2. The number of rotatable bonds is 1. The van der Waals surface area contributed by atoms with E-state index in [1.807, 2.05) is 0 Å². The molecule has 0 N–H and O–H groups in total. The Balaban J connectivity index is 2.72. The third-order valence-electron chi connectivity index (χ3n) is 4.27. The summed E-state index contributed by atoms with van der Waals surface area (Å²) in [4.78, 5) is 8.83. The molecule has 0 aromatic rings. The normalized spacial score (nSPS) is 34.1. The second-order valence-corrected chi connectivity index (χ2v) is 4.60. The molecule has 2 rings (SSSR count). The maximum Gasteiger partial charge on any atom is 0.101 e. The Bertz CT molecular complexity index is 433. The standard InChI is InChI=1S/C13H18N2/c1-6-13-10(4)8(2)9(3)12(11(13)5)14-7-15-13/h10H,6H2,1-5H3. The van der Waals surface area contributed by atoms with Gasteiger partial charge >= 0.3 is 0 Å². The topological polar surface area (TPSA) is 24.7 Å². The summed E-state index contributed by atoms with van der Waals surface area (Å²) < 4.78 is 0. The van der Waals surface area contributed by atoms with Crippen LogP contribution in [0.15, 0.2) is 32.4 Å². The average Bonchev–Trinajstić information content (AvgIpc) is 2.25. The number of hydrogen-bond donors (Lipinski definition) is 0. The molecular weight excluding hydrogens is 184 g/mol. The molecule has 0 spiro atoms. The van der Waals surface area contributed by atoms with E-state index >= 15 is 0 Å². The number of allylic oxidation sites excluding steroid dienone is 1. The van der Waals surface area contributed by atoms with E-state index in [-0.39, 0.29) is 5.54 Å². The maximum absolute atomic E-state index is 4.54. The first-order valence-electron chi connectivity index (χ1n) is 5.61. The van der Waals surface area contributed by atoms with Crippen LogP contribution in [0.5, 0.6) is 0 Å². The van der Waals surface area contributed by atoms with E-state index in [1.165, 1.54) is 16.7 Å². The van der Waals surface area contributed by atoms with Crippen LogP contribution < -0.4 is 0 Å². The second kappa shape index (κ2) is 3.18. The Morgan fingerprint density at radius 3 is 2.60 bits per heavy atom. The van der Waals surface area contributed by atoms with Gasteiger partial charge in [-0.05, 0) is 38.3 Å². The molecule has 80 valence electrons. The van der Waals surface area contributed by atoms with Crippen LogP contribution in [0.1, 0.15) is 41.0 Å². The molecule has 0 amide bonds. The molecule has 0 fully saturated rings. The third-order valence-corrected chi connectivity index (χ3v) is 4.27. The zero-order valence-corrected chi connectivity index (χ0v) is 10.2. The van der Waals surface area contributed by atoms with E-state index in [0.29, 0.717) is 5.92 Å². The van der Waals surface area contributed by atoms with Crippen LogP contribution in [-0.2, 0) is 0 Å². The van der Waals surface area contributed by atoms with Crippen molar-refractivity contribution >= 4 is 6.01 Å². The minimum atomic E-state index is -0.0688. The van der Waals surface area contributed by atoms with Gasteiger partial charge in [-0.3, -0.25) is 0 Å². The van der Waals surface area contributed by atoms with Gasteiger partial charge in [0.2, 0.25) is 0 Å². The van der Waals surface area contributed by atoms with Gasteiger partial charge in [-0.1, -0.05) is 19.4 Å². The lowest BCUT2D eigenvalue weighted by Crippen LogP contribution is -2.40. The smallest absolute Gasteiger partial charge is 0.101 e. The first-order chi connectivity index (χ1) is 7.04. The highest BCUT2D eigenvalue weighted by Crippen LogP contribution is 2.46. The Morgan fingerprint density at radius 2 is 2.00 bits per heavy atom. The third kappa shape index (κ3) is 1.12. The molecule has 2 bridgehead atoms. The fourth-order valence-corrected chi connectivity index (χ4v) is 2.84. The Morgan fingerprint density at radius 1 is 1.33 bits per heavy atom. The molecule has 0 saturated carbocycles. The molecule has 1 heterocycles. The van der Waals surface area contributed by atoms with E-state index in [2.05, 4.69) is 50.6 Å². The highest BCUT2D eigenvalue weighted by Gasteiger charge is 2.43. The molecule has 0 radical (unpaired) electrons. The number of fused-ring (bicyclic) bond motifs is 1. The van der Waals surface area contributed by atoms with Crippen LogP contribution in [0.2, 0.25) is 0 Å². The largest absolute Gasteiger partial charge is 0.213 e. The molecule has 15 heavy (non-hydrogen) atoms. The molecule has 2 nitrogen and oxygen atoms in total. The van der Waals surface area contributed by atoms with Crippen LogP contribution >= 0.6 is 0 Å². The average molecular weight is 202 g/mol. The van der Waals surface area contributed by atoms with E-state index < -0.39 is 0 Å². The van der Waals surface area contributed by atoms with Gasteiger partial charge in [-0.2, -0.15) is 4.99 Å².